The highest BCUT2D eigenvalue weighted by molar-refractivity contribution is 5.96. The summed E-state index contributed by atoms with van der Waals surface area (Å²) < 4.78 is 0. The molecule has 1 atom stereocenters. The molecule has 5 nitrogen and oxygen atoms in total. The normalized spacial score (nSPS) is 16.8. The van der Waals surface area contributed by atoms with Crippen molar-refractivity contribution >= 4 is 28.1 Å². The molecule has 0 saturated carbocycles. The third-order valence-electron chi connectivity index (χ3n) is 3.82. The summed E-state index contributed by atoms with van der Waals surface area (Å²) >= 11 is 0. The van der Waals surface area contributed by atoms with E-state index in [1.165, 1.54) is 10.8 Å². The maximum Gasteiger partial charge on any atom is 0.252 e. The highest BCUT2D eigenvalue weighted by atomic mass is 16.5. The van der Waals surface area contributed by atoms with Crippen LogP contribution in [0.5, 0.6) is 0 Å². The lowest BCUT2D eigenvalue weighted by atomic mass is 10.0. The fourth-order valence-corrected chi connectivity index (χ4v) is 2.71. The molecule has 1 aliphatic rings. The Labute approximate surface area is 127 Å². The molecule has 0 fully saturated rings. The standard InChI is InChI=1S/C17H14N4O/c18-17-19-15-8-7-14(10-16(15)21(22)20-17)13-6-5-11-3-1-2-4-12(11)9-13/h1-10,21H,(H3,18,19,20). The molecule has 0 saturated heterocycles. The minimum Gasteiger partial charge on any atom is -0.601 e. The molecule has 0 bridgehead atoms. The van der Waals surface area contributed by atoms with Gasteiger partial charge in [0.25, 0.3) is 5.96 Å². The van der Waals surface area contributed by atoms with E-state index in [0.717, 1.165) is 11.1 Å². The van der Waals surface area contributed by atoms with Crippen LogP contribution in [-0.4, -0.2) is 5.96 Å². The van der Waals surface area contributed by atoms with Crippen LogP contribution in [-0.2, 0) is 0 Å². The molecule has 0 aromatic heterocycles. The second kappa shape index (κ2) is 4.84. The lowest BCUT2D eigenvalue weighted by molar-refractivity contribution is -0.783. The molecule has 3 aromatic carbocycles. The Morgan fingerprint density at radius 2 is 1.64 bits per heavy atom. The molecule has 0 spiro atoms. The summed E-state index contributed by atoms with van der Waals surface area (Å²) in [5.41, 5.74) is 8.86. The van der Waals surface area contributed by atoms with Crippen LogP contribution in [0.15, 0.2) is 65.8 Å². The number of rotatable bonds is 1. The van der Waals surface area contributed by atoms with Crippen LogP contribution < -0.4 is 16.2 Å². The van der Waals surface area contributed by atoms with Crippen molar-refractivity contribution in [3.05, 3.63) is 65.9 Å². The van der Waals surface area contributed by atoms with Crippen molar-refractivity contribution in [2.45, 2.75) is 0 Å². The lowest BCUT2D eigenvalue weighted by Gasteiger charge is -2.23. The zero-order valence-electron chi connectivity index (χ0n) is 11.7. The number of hydrogen-bond acceptors (Lipinski definition) is 4. The second-order valence-corrected chi connectivity index (χ2v) is 5.25. The zero-order chi connectivity index (χ0) is 15.1. The SMILES string of the molecule is NC1=N[NH+]([O-])c2cc(-c3ccc4ccccc4c3)ccc2N1. The van der Waals surface area contributed by atoms with Crippen LogP contribution in [0.25, 0.3) is 21.9 Å². The first-order valence-electron chi connectivity index (χ1n) is 6.99. The molecule has 4 rings (SSSR count). The summed E-state index contributed by atoms with van der Waals surface area (Å²) in [7, 11) is 0. The molecule has 1 aliphatic heterocycles. The Balaban J connectivity index is 1.81. The summed E-state index contributed by atoms with van der Waals surface area (Å²) in [4.78, 5) is 0. The number of nitrogens with two attached hydrogens (primary N) is 1. The summed E-state index contributed by atoms with van der Waals surface area (Å²) in [6, 6.07) is 20.1. The molecule has 0 aliphatic carbocycles. The number of anilines is 1. The fraction of sp³-hybridized carbons (Fsp3) is 0. The number of benzene rings is 3. The van der Waals surface area contributed by atoms with E-state index in [1.807, 2.05) is 30.3 Å². The van der Waals surface area contributed by atoms with Crippen molar-refractivity contribution < 1.29 is 5.17 Å². The zero-order valence-corrected chi connectivity index (χ0v) is 11.7. The van der Waals surface area contributed by atoms with Gasteiger partial charge in [-0.1, -0.05) is 42.5 Å². The molecule has 3 aromatic rings. The van der Waals surface area contributed by atoms with Crippen LogP contribution in [0.3, 0.4) is 0 Å². The highest BCUT2D eigenvalue weighted by Gasteiger charge is 2.18. The van der Waals surface area contributed by atoms with Gasteiger partial charge >= 0.3 is 0 Å². The minimum absolute atomic E-state index is 0.135. The maximum atomic E-state index is 12.0. The van der Waals surface area contributed by atoms with Crippen LogP contribution >= 0.6 is 0 Å². The molecule has 108 valence electrons. The van der Waals surface area contributed by atoms with Crippen molar-refractivity contribution in [1.82, 2.24) is 0 Å². The fourth-order valence-electron chi connectivity index (χ4n) is 2.71. The van der Waals surface area contributed by atoms with Gasteiger partial charge in [0, 0.05) is 6.07 Å². The molecule has 1 heterocycles. The number of nitrogens with one attached hydrogen (secondary N) is 2. The topological polar surface area (TPSA) is 77.9 Å². The lowest BCUT2D eigenvalue weighted by Crippen LogP contribution is -2.98. The van der Waals surface area contributed by atoms with Gasteiger partial charge in [-0.25, -0.2) is 5.17 Å². The molecule has 4 N–H and O–H groups in total. The van der Waals surface area contributed by atoms with Crippen LogP contribution in [0.4, 0.5) is 11.4 Å². The Kier molecular flexibility index (Phi) is 2.82. The van der Waals surface area contributed by atoms with Gasteiger partial charge in [0.2, 0.25) is 0 Å². The Hall–Kier alpha value is -2.89. The van der Waals surface area contributed by atoms with E-state index < -0.39 is 0 Å². The van der Waals surface area contributed by atoms with Crippen molar-refractivity contribution in [2.24, 2.45) is 10.8 Å². The van der Waals surface area contributed by atoms with Crippen molar-refractivity contribution in [3.8, 4) is 11.1 Å². The van der Waals surface area contributed by atoms with Gasteiger partial charge in [0.05, 0.1) is 0 Å². The van der Waals surface area contributed by atoms with E-state index in [9.17, 15) is 5.21 Å². The monoisotopic (exact) mass is 290 g/mol. The van der Waals surface area contributed by atoms with Crippen molar-refractivity contribution in [3.63, 3.8) is 0 Å². The number of quaternary nitrogens is 1. The van der Waals surface area contributed by atoms with Crippen LogP contribution in [0.2, 0.25) is 0 Å². The smallest absolute Gasteiger partial charge is 0.252 e. The van der Waals surface area contributed by atoms with Gasteiger partial charge in [-0.3, -0.25) is 0 Å². The van der Waals surface area contributed by atoms with Crippen LogP contribution in [0.1, 0.15) is 0 Å². The average molecular weight is 290 g/mol. The first-order chi connectivity index (χ1) is 10.7. The largest absolute Gasteiger partial charge is 0.601 e. The number of fused-ring (bicyclic) bond motifs is 2. The summed E-state index contributed by atoms with van der Waals surface area (Å²) in [5.74, 6) is 0.135. The highest BCUT2D eigenvalue weighted by Crippen LogP contribution is 2.29. The first kappa shape index (κ1) is 12.8. The number of nitrogens with zero attached hydrogens (tertiary/aromatic N) is 1. The average Bonchev–Trinajstić information content (AvgIpc) is 2.54. The minimum atomic E-state index is -0.311. The molecule has 1 unspecified atom stereocenters. The van der Waals surface area contributed by atoms with Gasteiger partial charge in [-0.15, -0.1) is 0 Å². The predicted octanol–water partition coefficient (Wildman–Crippen LogP) is 2.18. The van der Waals surface area contributed by atoms with E-state index in [-0.39, 0.29) is 11.1 Å². The molecular formula is C17H14N4O. The molecule has 0 amide bonds. The van der Waals surface area contributed by atoms with Gasteiger partial charge in [0.1, 0.15) is 5.69 Å². The third kappa shape index (κ3) is 2.09. The molecule has 0 radical (unpaired) electrons. The number of hydrogen-bond donors (Lipinski definition) is 3. The summed E-state index contributed by atoms with van der Waals surface area (Å²) in [6.45, 7) is 0. The predicted molar refractivity (Wildman–Crippen MR) is 88.6 cm³/mol. The van der Waals surface area contributed by atoms with Crippen molar-refractivity contribution in [2.75, 3.05) is 5.32 Å². The Morgan fingerprint density at radius 1 is 0.909 bits per heavy atom. The second-order valence-electron chi connectivity index (χ2n) is 5.25. The quantitative estimate of drug-likeness (QED) is 0.601. The maximum absolute atomic E-state index is 12.0. The molecule has 5 heteroatoms. The third-order valence-corrected chi connectivity index (χ3v) is 3.82. The Morgan fingerprint density at radius 3 is 2.50 bits per heavy atom. The van der Waals surface area contributed by atoms with Gasteiger partial charge in [-0.2, -0.15) is 0 Å². The van der Waals surface area contributed by atoms with E-state index in [1.54, 1.807) is 0 Å². The van der Waals surface area contributed by atoms with Gasteiger partial charge in [-0.05, 0) is 39.1 Å². The summed E-state index contributed by atoms with van der Waals surface area (Å²) in [6.07, 6.45) is 0. The first-order valence-corrected chi connectivity index (χ1v) is 6.99. The van der Waals surface area contributed by atoms with E-state index in [0.29, 0.717) is 11.4 Å². The van der Waals surface area contributed by atoms with E-state index in [4.69, 9.17) is 5.73 Å². The molecular weight excluding hydrogens is 276 g/mol. The Bertz CT molecular complexity index is 904. The van der Waals surface area contributed by atoms with Crippen molar-refractivity contribution in [1.29, 1.82) is 0 Å². The summed E-state index contributed by atoms with van der Waals surface area (Å²) in [5, 5.41) is 20.7. The van der Waals surface area contributed by atoms with E-state index >= 15 is 0 Å². The number of guanidine groups is 1. The van der Waals surface area contributed by atoms with Gasteiger partial charge in [0.15, 0.2) is 5.69 Å². The molecule has 22 heavy (non-hydrogen) atoms. The van der Waals surface area contributed by atoms with E-state index in [2.05, 4.69) is 40.8 Å². The van der Waals surface area contributed by atoms with Gasteiger partial charge < -0.3 is 16.3 Å². The van der Waals surface area contributed by atoms with Crippen LogP contribution in [0, 0.1) is 5.21 Å².